The van der Waals surface area contributed by atoms with E-state index in [9.17, 15) is 0 Å². The normalized spacial score (nSPS) is 11.2. The molecule has 1 heteroatoms. The van der Waals surface area contributed by atoms with Gasteiger partial charge in [0.1, 0.15) is 0 Å². The molecule has 0 aromatic heterocycles. The molecule has 0 aliphatic heterocycles. The molecule has 11 aromatic carbocycles. The minimum Gasteiger partial charge on any atom is -0.311 e. The molecule has 11 rings (SSSR count). The van der Waals surface area contributed by atoms with Crippen molar-refractivity contribution >= 4 is 38.6 Å². The molecule has 0 atom stereocenters. The van der Waals surface area contributed by atoms with Crippen molar-refractivity contribution in [3.05, 3.63) is 261 Å². The molecule has 0 saturated heterocycles. The van der Waals surface area contributed by atoms with Gasteiger partial charge in [-0.15, -0.1) is 0 Å². The van der Waals surface area contributed by atoms with Crippen molar-refractivity contribution in [2.45, 2.75) is 0 Å². The van der Waals surface area contributed by atoms with Gasteiger partial charge in [-0.3, -0.25) is 0 Å². The van der Waals surface area contributed by atoms with Crippen molar-refractivity contribution in [2.24, 2.45) is 0 Å². The monoisotopic (exact) mass is 801 g/mol. The summed E-state index contributed by atoms with van der Waals surface area (Å²) in [5.41, 5.74) is 17.9. The van der Waals surface area contributed by atoms with Gasteiger partial charge in [-0.05, 0) is 161 Å². The van der Waals surface area contributed by atoms with Gasteiger partial charge in [0.2, 0.25) is 0 Å². The van der Waals surface area contributed by atoms with Crippen LogP contribution in [0, 0.1) is 0 Å². The fourth-order valence-electron chi connectivity index (χ4n) is 8.86. The molecular weight excluding hydrogens is 759 g/mol. The molecule has 63 heavy (non-hydrogen) atoms. The summed E-state index contributed by atoms with van der Waals surface area (Å²) in [5, 5.41) is 4.97. The molecule has 0 aliphatic carbocycles. The predicted molar refractivity (Wildman–Crippen MR) is 269 cm³/mol. The Balaban J connectivity index is 0.844. The van der Waals surface area contributed by atoms with Crippen molar-refractivity contribution in [1.82, 2.24) is 0 Å². The molecule has 0 N–H and O–H groups in total. The zero-order valence-electron chi connectivity index (χ0n) is 34.8. The van der Waals surface area contributed by atoms with Gasteiger partial charge in [-0.25, -0.2) is 0 Å². The van der Waals surface area contributed by atoms with Crippen LogP contribution in [0.15, 0.2) is 261 Å². The maximum atomic E-state index is 2.33. The fourth-order valence-corrected chi connectivity index (χ4v) is 8.86. The molecule has 0 heterocycles. The van der Waals surface area contributed by atoms with Crippen LogP contribution in [0.3, 0.4) is 0 Å². The maximum Gasteiger partial charge on any atom is 0.0462 e. The topological polar surface area (TPSA) is 3.24 Å². The Morgan fingerprint density at radius 3 is 0.762 bits per heavy atom. The highest BCUT2D eigenvalue weighted by atomic mass is 15.1. The zero-order valence-corrected chi connectivity index (χ0v) is 34.8. The van der Waals surface area contributed by atoms with E-state index in [1.165, 1.54) is 88.3 Å². The molecule has 0 aliphatic rings. The van der Waals surface area contributed by atoms with Crippen molar-refractivity contribution in [2.75, 3.05) is 4.90 Å². The van der Waals surface area contributed by atoms with E-state index in [-0.39, 0.29) is 0 Å². The summed E-state index contributed by atoms with van der Waals surface area (Å²) >= 11 is 0. The van der Waals surface area contributed by atoms with Gasteiger partial charge in [-0.1, -0.05) is 188 Å². The van der Waals surface area contributed by atoms with Gasteiger partial charge in [0.05, 0.1) is 0 Å². The average molecular weight is 802 g/mol. The zero-order chi connectivity index (χ0) is 42.0. The fraction of sp³-hybridized carbons (Fsp3) is 0. The second-order valence-corrected chi connectivity index (χ2v) is 16.2. The average Bonchev–Trinajstić information content (AvgIpc) is 3.37. The van der Waals surface area contributed by atoms with E-state index in [1.807, 2.05) is 0 Å². The standard InChI is InChI=1S/C62H43N/c1-4-12-44(13-5-1)52-22-24-58-42-54(26-28-56(58)40-52)50-18-10-16-48(38-50)46-30-34-61(35-31-46)63(60-20-8-3-9-21-60)62-36-32-47(33-37-62)49-17-11-19-51(39-49)55-27-29-57-41-53(23-25-59(57)43-55)45-14-6-2-7-15-45/h1-43H. The molecule has 0 unspecified atom stereocenters. The number of hydrogen-bond acceptors (Lipinski definition) is 1. The van der Waals surface area contributed by atoms with E-state index in [0.29, 0.717) is 0 Å². The van der Waals surface area contributed by atoms with Crippen molar-refractivity contribution < 1.29 is 0 Å². The second-order valence-electron chi connectivity index (χ2n) is 16.2. The highest BCUT2D eigenvalue weighted by molar-refractivity contribution is 5.93. The molecular formula is C62H43N. The number of nitrogens with zero attached hydrogens (tertiary/aromatic N) is 1. The first-order chi connectivity index (χ1) is 31.2. The van der Waals surface area contributed by atoms with Gasteiger partial charge < -0.3 is 4.90 Å². The predicted octanol–water partition coefficient (Wildman–Crippen LogP) is 17.5. The lowest BCUT2D eigenvalue weighted by molar-refractivity contribution is 1.28. The molecule has 1 nitrogen and oxygen atoms in total. The summed E-state index contributed by atoms with van der Waals surface area (Å²) in [7, 11) is 0. The first-order valence-electron chi connectivity index (χ1n) is 21.6. The number of hydrogen-bond donors (Lipinski definition) is 0. The quantitative estimate of drug-likeness (QED) is 0.141. The molecule has 0 radical (unpaired) electrons. The summed E-state index contributed by atoms with van der Waals surface area (Å²) < 4.78 is 0. The maximum absolute atomic E-state index is 2.33. The SMILES string of the molecule is c1ccc(-c2ccc3cc(-c4cccc(-c5ccc(N(c6ccccc6)c6ccc(-c7cccc(-c8ccc9cc(-c%10ccccc%10)ccc9c8)c7)cc6)cc5)c4)ccc3c2)cc1. The molecule has 0 saturated carbocycles. The summed E-state index contributed by atoms with van der Waals surface area (Å²) in [5.74, 6) is 0. The van der Waals surface area contributed by atoms with Crippen LogP contribution in [0.4, 0.5) is 17.1 Å². The first-order valence-corrected chi connectivity index (χ1v) is 21.6. The van der Waals surface area contributed by atoms with E-state index < -0.39 is 0 Å². The highest BCUT2D eigenvalue weighted by Gasteiger charge is 2.14. The number of fused-ring (bicyclic) bond motifs is 2. The van der Waals surface area contributed by atoms with E-state index in [2.05, 4.69) is 266 Å². The minimum absolute atomic E-state index is 1.10. The van der Waals surface area contributed by atoms with Crippen molar-refractivity contribution in [1.29, 1.82) is 0 Å². The molecule has 11 aromatic rings. The summed E-state index contributed by atoms with van der Waals surface area (Å²) in [6.07, 6.45) is 0. The molecule has 0 amide bonds. The van der Waals surface area contributed by atoms with Gasteiger partial charge in [0.15, 0.2) is 0 Å². The molecule has 0 spiro atoms. The summed E-state index contributed by atoms with van der Waals surface area (Å²) in [6, 6.07) is 94.5. The van der Waals surface area contributed by atoms with Crippen LogP contribution in [-0.2, 0) is 0 Å². The van der Waals surface area contributed by atoms with Crippen LogP contribution < -0.4 is 4.90 Å². The number of anilines is 3. The van der Waals surface area contributed by atoms with Crippen LogP contribution in [0.25, 0.3) is 88.3 Å². The lowest BCUT2D eigenvalue weighted by Gasteiger charge is -2.26. The lowest BCUT2D eigenvalue weighted by atomic mass is 9.95. The molecule has 0 bridgehead atoms. The lowest BCUT2D eigenvalue weighted by Crippen LogP contribution is -2.09. The number of para-hydroxylation sites is 1. The van der Waals surface area contributed by atoms with Crippen LogP contribution in [0.2, 0.25) is 0 Å². The summed E-state index contributed by atoms with van der Waals surface area (Å²) in [4.78, 5) is 2.33. The second kappa shape index (κ2) is 16.7. The van der Waals surface area contributed by atoms with Crippen molar-refractivity contribution in [3.8, 4) is 66.8 Å². The van der Waals surface area contributed by atoms with E-state index in [4.69, 9.17) is 0 Å². The first kappa shape index (κ1) is 37.7. The molecule has 0 fully saturated rings. The largest absolute Gasteiger partial charge is 0.311 e. The van der Waals surface area contributed by atoms with Gasteiger partial charge in [-0.2, -0.15) is 0 Å². The van der Waals surface area contributed by atoms with E-state index >= 15 is 0 Å². The third-order valence-electron chi connectivity index (χ3n) is 12.2. The van der Waals surface area contributed by atoms with Crippen LogP contribution in [0.1, 0.15) is 0 Å². The smallest absolute Gasteiger partial charge is 0.0462 e. The van der Waals surface area contributed by atoms with Crippen LogP contribution in [-0.4, -0.2) is 0 Å². The van der Waals surface area contributed by atoms with Gasteiger partial charge in [0.25, 0.3) is 0 Å². The number of benzene rings is 11. The van der Waals surface area contributed by atoms with Crippen LogP contribution >= 0.6 is 0 Å². The van der Waals surface area contributed by atoms with Crippen molar-refractivity contribution in [3.63, 3.8) is 0 Å². The Bertz CT molecular complexity index is 3140. The molecule has 296 valence electrons. The van der Waals surface area contributed by atoms with Crippen LogP contribution in [0.5, 0.6) is 0 Å². The van der Waals surface area contributed by atoms with E-state index in [1.54, 1.807) is 0 Å². The van der Waals surface area contributed by atoms with Gasteiger partial charge in [0, 0.05) is 17.1 Å². The Labute approximate surface area is 369 Å². The number of rotatable bonds is 9. The Morgan fingerprint density at radius 2 is 0.397 bits per heavy atom. The van der Waals surface area contributed by atoms with Gasteiger partial charge >= 0.3 is 0 Å². The van der Waals surface area contributed by atoms with E-state index in [0.717, 1.165) is 17.1 Å². The Hall–Kier alpha value is -8.26. The summed E-state index contributed by atoms with van der Waals surface area (Å²) in [6.45, 7) is 0. The minimum atomic E-state index is 1.10. The highest BCUT2D eigenvalue weighted by Crippen LogP contribution is 2.38. The third kappa shape index (κ3) is 7.81. The Morgan fingerprint density at radius 1 is 0.159 bits per heavy atom. The third-order valence-corrected chi connectivity index (χ3v) is 12.2. The Kier molecular flexibility index (Phi) is 9.97.